The molecule has 132 valence electrons. The van der Waals surface area contributed by atoms with Gasteiger partial charge in [-0.05, 0) is 42.5 Å². The quantitative estimate of drug-likeness (QED) is 0.690. The topological polar surface area (TPSA) is 80.2 Å². The Labute approximate surface area is 155 Å². The maximum atomic E-state index is 12.6. The van der Waals surface area contributed by atoms with Gasteiger partial charge in [-0.1, -0.05) is 11.6 Å². The molecule has 2 heterocycles. The lowest BCUT2D eigenvalue weighted by molar-refractivity contribution is 0.0659. The summed E-state index contributed by atoms with van der Waals surface area (Å²) < 4.78 is 25.2. The molecule has 3 aromatic rings. The van der Waals surface area contributed by atoms with Gasteiger partial charge in [0, 0.05) is 36.1 Å². The molecule has 0 unspecified atom stereocenters. The fourth-order valence-electron chi connectivity index (χ4n) is 2.90. The molecule has 1 aliphatic heterocycles. The van der Waals surface area contributed by atoms with Crippen molar-refractivity contribution in [3.63, 3.8) is 0 Å². The van der Waals surface area contributed by atoms with Gasteiger partial charge in [-0.2, -0.15) is 0 Å². The third kappa shape index (κ3) is 2.93. The summed E-state index contributed by atoms with van der Waals surface area (Å²) in [5.74, 6) is -0.208. The van der Waals surface area contributed by atoms with E-state index in [1.54, 1.807) is 42.7 Å². The van der Waals surface area contributed by atoms with Crippen molar-refractivity contribution in [3.05, 3.63) is 65.4 Å². The first-order valence-corrected chi connectivity index (χ1v) is 9.87. The lowest BCUT2D eigenvalue weighted by Crippen LogP contribution is -2.56. The van der Waals surface area contributed by atoms with Crippen molar-refractivity contribution in [2.24, 2.45) is 0 Å². The van der Waals surface area contributed by atoms with E-state index in [-0.39, 0.29) is 23.9 Å². The minimum absolute atomic E-state index is 0.169. The van der Waals surface area contributed by atoms with Gasteiger partial charge in [-0.3, -0.25) is 14.8 Å². The molecule has 26 heavy (non-hydrogen) atoms. The second-order valence-electron chi connectivity index (χ2n) is 6.09. The summed E-state index contributed by atoms with van der Waals surface area (Å²) in [5, 5.41) is -0.123. The van der Waals surface area contributed by atoms with Gasteiger partial charge in [-0.25, -0.2) is 8.42 Å². The molecule has 0 bridgehead atoms. The van der Waals surface area contributed by atoms with Gasteiger partial charge < -0.3 is 4.90 Å². The Hall–Kier alpha value is -2.51. The summed E-state index contributed by atoms with van der Waals surface area (Å²) >= 11 is 5.81. The average molecular weight is 388 g/mol. The molecule has 6 nitrogen and oxygen atoms in total. The van der Waals surface area contributed by atoms with Crippen LogP contribution in [0.4, 0.5) is 0 Å². The number of benzene rings is 2. The normalized spacial score (nSPS) is 15.0. The molecule has 1 aliphatic rings. The predicted molar refractivity (Wildman–Crippen MR) is 97.9 cm³/mol. The zero-order chi connectivity index (χ0) is 18.3. The molecule has 0 saturated carbocycles. The number of carbonyl (C=O) groups is 1. The summed E-state index contributed by atoms with van der Waals surface area (Å²) in [4.78, 5) is 22.7. The average Bonchev–Trinajstić information content (AvgIpc) is 2.60. The molecule has 0 atom stereocenters. The molecule has 4 rings (SSSR count). The van der Waals surface area contributed by atoms with Crippen molar-refractivity contribution in [3.8, 4) is 0 Å². The lowest BCUT2D eigenvalue weighted by atomic mass is 10.1. The summed E-state index contributed by atoms with van der Waals surface area (Å²) in [5.41, 5.74) is 1.81. The standard InChI is InChI=1S/C18H14ClN3O3S/c19-13-2-4-14(5-3-13)26(24,25)15-10-22(11-15)18(23)12-1-6-16-17(9-12)21-8-7-20-16/h1-9,15H,10-11H2. The highest BCUT2D eigenvalue weighted by molar-refractivity contribution is 7.92. The molecule has 0 radical (unpaired) electrons. The summed E-state index contributed by atoms with van der Waals surface area (Å²) in [6.45, 7) is 0.338. The van der Waals surface area contributed by atoms with Crippen LogP contribution >= 0.6 is 11.6 Å². The molecule has 0 N–H and O–H groups in total. The monoisotopic (exact) mass is 387 g/mol. The van der Waals surface area contributed by atoms with Gasteiger partial charge in [0.05, 0.1) is 15.9 Å². The van der Waals surface area contributed by atoms with E-state index in [4.69, 9.17) is 11.6 Å². The van der Waals surface area contributed by atoms with E-state index in [0.29, 0.717) is 21.6 Å². The van der Waals surface area contributed by atoms with Crippen LogP contribution in [0, 0.1) is 0 Å². The van der Waals surface area contributed by atoms with Crippen LogP contribution in [-0.4, -0.2) is 47.5 Å². The number of hydrogen-bond acceptors (Lipinski definition) is 5. The summed E-state index contributed by atoms with van der Waals surface area (Å²) in [6.07, 6.45) is 3.15. The molecule has 0 aliphatic carbocycles. The second-order valence-corrected chi connectivity index (χ2v) is 8.76. The Morgan fingerprint density at radius 1 is 1.00 bits per heavy atom. The van der Waals surface area contributed by atoms with Gasteiger partial charge in [0.1, 0.15) is 5.25 Å². The van der Waals surface area contributed by atoms with E-state index in [1.807, 2.05) is 0 Å². The Balaban J connectivity index is 1.49. The highest BCUT2D eigenvalue weighted by atomic mass is 35.5. The first kappa shape index (κ1) is 16.9. The van der Waals surface area contributed by atoms with Gasteiger partial charge in [0.25, 0.3) is 5.91 Å². The zero-order valence-corrected chi connectivity index (χ0v) is 15.1. The van der Waals surface area contributed by atoms with E-state index in [2.05, 4.69) is 9.97 Å². The first-order valence-electron chi connectivity index (χ1n) is 7.95. The van der Waals surface area contributed by atoms with Gasteiger partial charge in [0.15, 0.2) is 9.84 Å². The van der Waals surface area contributed by atoms with E-state index in [1.165, 1.54) is 17.0 Å². The van der Waals surface area contributed by atoms with Crippen LogP contribution in [0.25, 0.3) is 11.0 Å². The third-order valence-corrected chi connectivity index (χ3v) is 6.79. The minimum Gasteiger partial charge on any atom is -0.336 e. The fraction of sp³-hybridized carbons (Fsp3) is 0.167. The predicted octanol–water partition coefficient (Wildman–Crippen LogP) is 2.58. The van der Waals surface area contributed by atoms with Gasteiger partial charge in [-0.15, -0.1) is 0 Å². The Bertz CT molecular complexity index is 1090. The molecule has 0 spiro atoms. The van der Waals surface area contributed by atoms with Gasteiger partial charge in [0.2, 0.25) is 0 Å². The number of likely N-dealkylation sites (tertiary alicyclic amines) is 1. The van der Waals surface area contributed by atoms with E-state index >= 15 is 0 Å². The maximum absolute atomic E-state index is 12.6. The van der Waals surface area contributed by atoms with E-state index in [0.717, 1.165) is 0 Å². The fourth-order valence-corrected chi connectivity index (χ4v) is 4.67. The van der Waals surface area contributed by atoms with Gasteiger partial charge >= 0.3 is 0 Å². The molecule has 8 heteroatoms. The molecule has 1 amide bonds. The smallest absolute Gasteiger partial charge is 0.254 e. The zero-order valence-electron chi connectivity index (χ0n) is 13.5. The summed E-state index contributed by atoms with van der Waals surface area (Å²) in [6, 6.07) is 11.2. The van der Waals surface area contributed by atoms with Crippen molar-refractivity contribution in [2.75, 3.05) is 13.1 Å². The molecule has 1 fully saturated rings. The van der Waals surface area contributed by atoms with Crippen molar-refractivity contribution in [2.45, 2.75) is 10.1 Å². The molecule has 1 saturated heterocycles. The van der Waals surface area contributed by atoms with Crippen LogP contribution < -0.4 is 0 Å². The van der Waals surface area contributed by atoms with Crippen LogP contribution in [0.5, 0.6) is 0 Å². The second kappa shape index (κ2) is 6.34. The number of amides is 1. The van der Waals surface area contributed by atoms with Crippen molar-refractivity contribution < 1.29 is 13.2 Å². The number of nitrogens with zero attached hydrogens (tertiary/aromatic N) is 3. The number of hydrogen-bond donors (Lipinski definition) is 0. The Kier molecular flexibility index (Phi) is 4.13. The molecular formula is C18H14ClN3O3S. The van der Waals surface area contributed by atoms with Crippen LogP contribution in [0.1, 0.15) is 10.4 Å². The Morgan fingerprint density at radius 2 is 1.65 bits per heavy atom. The third-order valence-electron chi connectivity index (χ3n) is 4.43. The maximum Gasteiger partial charge on any atom is 0.254 e. The molecular weight excluding hydrogens is 374 g/mol. The van der Waals surface area contributed by atoms with Crippen molar-refractivity contribution >= 4 is 38.4 Å². The minimum atomic E-state index is -3.48. The van der Waals surface area contributed by atoms with Crippen LogP contribution in [-0.2, 0) is 9.84 Å². The first-order chi connectivity index (χ1) is 12.4. The van der Waals surface area contributed by atoms with Crippen molar-refractivity contribution in [1.82, 2.24) is 14.9 Å². The van der Waals surface area contributed by atoms with E-state index in [9.17, 15) is 13.2 Å². The largest absolute Gasteiger partial charge is 0.336 e. The van der Waals surface area contributed by atoms with Crippen LogP contribution in [0.3, 0.4) is 0 Å². The molecule has 1 aromatic heterocycles. The number of fused-ring (bicyclic) bond motifs is 1. The number of rotatable bonds is 3. The van der Waals surface area contributed by atoms with Crippen LogP contribution in [0.2, 0.25) is 5.02 Å². The lowest BCUT2D eigenvalue weighted by Gasteiger charge is -2.38. The number of aromatic nitrogens is 2. The Morgan fingerprint density at radius 3 is 2.35 bits per heavy atom. The number of halogens is 1. The van der Waals surface area contributed by atoms with Crippen LogP contribution in [0.15, 0.2) is 59.8 Å². The summed E-state index contributed by atoms with van der Waals surface area (Å²) in [7, 11) is -3.48. The molecule has 2 aromatic carbocycles. The van der Waals surface area contributed by atoms with E-state index < -0.39 is 15.1 Å². The number of sulfone groups is 1. The highest BCUT2D eigenvalue weighted by Crippen LogP contribution is 2.26. The number of carbonyl (C=O) groups excluding carboxylic acids is 1. The highest BCUT2D eigenvalue weighted by Gasteiger charge is 2.40. The van der Waals surface area contributed by atoms with Crippen molar-refractivity contribution in [1.29, 1.82) is 0 Å². The SMILES string of the molecule is O=C(c1ccc2nccnc2c1)N1CC(S(=O)(=O)c2ccc(Cl)cc2)C1.